The summed E-state index contributed by atoms with van der Waals surface area (Å²) in [5.41, 5.74) is -0.827. The Morgan fingerprint density at radius 1 is 1.60 bits per heavy atom. The van der Waals surface area contributed by atoms with E-state index in [-0.39, 0.29) is 0 Å². The highest BCUT2D eigenvalue weighted by molar-refractivity contribution is 14.1. The van der Waals surface area contributed by atoms with Gasteiger partial charge < -0.3 is 0 Å². The number of hydrogen-bond donors (Lipinski definition) is 1. The zero-order valence-corrected chi connectivity index (χ0v) is 8.34. The molecule has 0 saturated heterocycles. The average molecular weight is 317 g/mol. The number of halogens is 2. The van der Waals surface area contributed by atoms with Gasteiger partial charge in [0.1, 0.15) is 0 Å². The highest BCUT2D eigenvalue weighted by atomic mass is 127. The fourth-order valence-corrected chi connectivity index (χ4v) is 1.51. The molecular formula is C4H2BrIN2O2. The predicted octanol–water partition coefficient (Wildman–Crippen LogP) is 0.497. The molecule has 0 aliphatic heterocycles. The molecule has 0 amide bonds. The Hall–Kier alpha value is -0.110. The van der Waals surface area contributed by atoms with Gasteiger partial charge in [-0.15, -0.1) is 0 Å². The first-order valence-corrected chi connectivity index (χ1v) is 4.04. The van der Waals surface area contributed by atoms with Crippen LogP contribution in [0.2, 0.25) is 0 Å². The zero-order valence-electron chi connectivity index (χ0n) is 4.60. The summed E-state index contributed by atoms with van der Waals surface area (Å²) >= 11 is 4.74. The molecule has 0 aliphatic rings. The molecule has 0 saturated carbocycles. The Bertz CT molecular complexity index is 324. The molecule has 1 heterocycles. The third-order valence-corrected chi connectivity index (χ3v) is 2.14. The van der Waals surface area contributed by atoms with E-state index in [0.717, 1.165) is 0 Å². The van der Waals surface area contributed by atoms with Crippen LogP contribution in [0.1, 0.15) is 0 Å². The lowest BCUT2D eigenvalue weighted by Gasteiger charge is -1.91. The minimum absolute atomic E-state index is 0.349. The van der Waals surface area contributed by atoms with Crippen LogP contribution in [-0.4, -0.2) is 7.76 Å². The minimum atomic E-state index is -0.422. The number of H-pyrrole nitrogens is 1. The molecule has 0 aliphatic carbocycles. The molecule has 54 valence electrons. The van der Waals surface area contributed by atoms with Gasteiger partial charge in [-0.2, -0.15) is 0 Å². The Balaban J connectivity index is 3.59. The van der Waals surface area contributed by atoms with E-state index in [1.54, 1.807) is 22.9 Å². The van der Waals surface area contributed by atoms with Crippen LogP contribution in [0.4, 0.5) is 0 Å². The van der Waals surface area contributed by atoms with Crippen LogP contribution < -0.4 is 11.2 Å². The van der Waals surface area contributed by atoms with Crippen molar-refractivity contribution in [3.05, 3.63) is 31.5 Å². The Kier molecular flexibility index (Phi) is 2.29. The quantitative estimate of drug-likeness (QED) is 0.709. The number of nitrogens with zero attached hydrogens (tertiary/aromatic N) is 1. The average Bonchev–Trinajstić information content (AvgIpc) is 1.84. The van der Waals surface area contributed by atoms with Crippen LogP contribution in [-0.2, 0) is 0 Å². The molecule has 1 N–H and O–H groups in total. The van der Waals surface area contributed by atoms with Gasteiger partial charge in [-0.1, -0.05) is 0 Å². The SMILES string of the molecule is O=c1[nH]c(=O)n(I)cc1Br. The highest BCUT2D eigenvalue weighted by Gasteiger charge is 1.96. The maximum atomic E-state index is 10.7. The van der Waals surface area contributed by atoms with E-state index in [9.17, 15) is 9.59 Å². The molecule has 1 rings (SSSR count). The second-order valence-electron chi connectivity index (χ2n) is 1.55. The van der Waals surface area contributed by atoms with Gasteiger partial charge in [-0.05, 0) is 15.9 Å². The van der Waals surface area contributed by atoms with Crippen molar-refractivity contribution in [1.29, 1.82) is 0 Å². The zero-order chi connectivity index (χ0) is 7.72. The first kappa shape index (κ1) is 7.99. The van der Waals surface area contributed by atoms with Crippen molar-refractivity contribution in [2.24, 2.45) is 0 Å². The van der Waals surface area contributed by atoms with Crippen LogP contribution in [0.5, 0.6) is 0 Å². The van der Waals surface area contributed by atoms with Gasteiger partial charge >= 0.3 is 5.69 Å². The number of hydrogen-bond acceptors (Lipinski definition) is 2. The van der Waals surface area contributed by atoms with Crippen LogP contribution in [0.15, 0.2) is 20.3 Å². The first-order chi connectivity index (χ1) is 4.61. The van der Waals surface area contributed by atoms with Crippen molar-refractivity contribution in [3.8, 4) is 0 Å². The third-order valence-electron chi connectivity index (χ3n) is 0.858. The number of rotatable bonds is 0. The van der Waals surface area contributed by atoms with Crippen LogP contribution in [0, 0.1) is 0 Å². The summed E-state index contributed by atoms with van der Waals surface area (Å²) in [6.45, 7) is 0. The van der Waals surface area contributed by atoms with Gasteiger partial charge in [-0.3, -0.25) is 9.78 Å². The summed E-state index contributed by atoms with van der Waals surface area (Å²) in [4.78, 5) is 23.4. The standard InChI is InChI=1S/C4H2BrIN2O2/c5-2-1-8(6)4(10)7-3(2)9/h1H,(H,7,9,10). The summed E-state index contributed by atoms with van der Waals surface area (Å²) < 4.78 is 1.60. The molecule has 0 bridgehead atoms. The normalized spacial score (nSPS) is 9.80. The van der Waals surface area contributed by atoms with Crippen molar-refractivity contribution in [2.45, 2.75) is 0 Å². The molecule has 0 spiro atoms. The fourth-order valence-electron chi connectivity index (χ4n) is 0.427. The van der Waals surface area contributed by atoms with Crippen LogP contribution >= 0.6 is 38.8 Å². The molecule has 6 heteroatoms. The molecule has 4 nitrogen and oxygen atoms in total. The van der Waals surface area contributed by atoms with Crippen LogP contribution in [0.25, 0.3) is 0 Å². The highest BCUT2D eigenvalue weighted by Crippen LogP contribution is 1.98. The second-order valence-corrected chi connectivity index (χ2v) is 3.44. The van der Waals surface area contributed by atoms with Crippen molar-refractivity contribution in [2.75, 3.05) is 0 Å². The first-order valence-electron chi connectivity index (χ1n) is 2.29. The van der Waals surface area contributed by atoms with E-state index >= 15 is 0 Å². The number of aromatic nitrogens is 2. The fraction of sp³-hybridized carbons (Fsp3) is 0. The van der Waals surface area contributed by atoms with E-state index in [1.807, 2.05) is 0 Å². The predicted molar refractivity (Wildman–Crippen MR) is 48.4 cm³/mol. The lowest BCUT2D eigenvalue weighted by atomic mass is 10.7. The molecule has 0 unspecified atom stereocenters. The smallest absolute Gasteiger partial charge is 0.272 e. The molecule has 1 aromatic heterocycles. The molecule has 0 fully saturated rings. The summed E-state index contributed by atoms with van der Waals surface area (Å²) in [7, 11) is 0. The molecule has 0 atom stereocenters. The Morgan fingerprint density at radius 2 is 2.20 bits per heavy atom. The summed E-state index contributed by atoms with van der Waals surface area (Å²) in [5.74, 6) is 0. The van der Waals surface area contributed by atoms with Gasteiger partial charge in [0, 0.05) is 6.20 Å². The van der Waals surface area contributed by atoms with Crippen LogP contribution in [0.3, 0.4) is 0 Å². The maximum absolute atomic E-state index is 10.7. The van der Waals surface area contributed by atoms with E-state index < -0.39 is 11.2 Å². The molecule has 1 aromatic rings. The van der Waals surface area contributed by atoms with Crippen molar-refractivity contribution in [3.63, 3.8) is 0 Å². The van der Waals surface area contributed by atoms with E-state index in [0.29, 0.717) is 4.47 Å². The Labute approximate surface area is 77.9 Å². The van der Waals surface area contributed by atoms with Gasteiger partial charge in [0.15, 0.2) is 0 Å². The van der Waals surface area contributed by atoms with Crippen molar-refractivity contribution in [1.82, 2.24) is 7.76 Å². The maximum Gasteiger partial charge on any atom is 0.337 e. The van der Waals surface area contributed by atoms with E-state index in [2.05, 4.69) is 20.9 Å². The lowest BCUT2D eigenvalue weighted by Crippen LogP contribution is -2.25. The number of aromatic amines is 1. The largest absolute Gasteiger partial charge is 0.337 e. The van der Waals surface area contributed by atoms with Gasteiger partial charge in [0.25, 0.3) is 5.56 Å². The topological polar surface area (TPSA) is 54.9 Å². The van der Waals surface area contributed by atoms with Crippen molar-refractivity contribution < 1.29 is 0 Å². The monoisotopic (exact) mass is 316 g/mol. The Morgan fingerprint density at radius 3 is 2.70 bits per heavy atom. The minimum Gasteiger partial charge on any atom is -0.272 e. The summed E-state index contributed by atoms with van der Waals surface area (Å²) in [5, 5.41) is 0. The van der Waals surface area contributed by atoms with E-state index in [1.165, 1.54) is 8.98 Å². The molecule has 0 radical (unpaired) electrons. The third kappa shape index (κ3) is 1.48. The lowest BCUT2D eigenvalue weighted by molar-refractivity contribution is 1.00. The molecule has 0 aromatic carbocycles. The summed E-state index contributed by atoms with van der Waals surface area (Å²) in [6.07, 6.45) is 1.40. The summed E-state index contributed by atoms with van der Waals surface area (Å²) in [6, 6.07) is 0. The van der Waals surface area contributed by atoms with Gasteiger partial charge in [0.2, 0.25) is 0 Å². The van der Waals surface area contributed by atoms with E-state index in [4.69, 9.17) is 0 Å². The number of nitrogens with one attached hydrogen (secondary N) is 1. The second kappa shape index (κ2) is 2.87. The van der Waals surface area contributed by atoms with Gasteiger partial charge in [0.05, 0.1) is 27.3 Å². The molecular weight excluding hydrogens is 315 g/mol. The van der Waals surface area contributed by atoms with Gasteiger partial charge in [-0.25, -0.2) is 7.58 Å². The molecule has 10 heavy (non-hydrogen) atoms. The van der Waals surface area contributed by atoms with Crippen molar-refractivity contribution >= 4 is 38.8 Å².